The molecule has 0 N–H and O–H groups in total. The van der Waals surface area contributed by atoms with Gasteiger partial charge in [-0.1, -0.05) is 45.4 Å². The van der Waals surface area contributed by atoms with Gasteiger partial charge in [0.05, 0.1) is 8.07 Å². The van der Waals surface area contributed by atoms with E-state index < -0.39 is 8.07 Å². The molecule has 0 heterocycles. The predicted octanol–water partition coefficient (Wildman–Crippen LogP) is 3.93. The lowest BCUT2D eigenvalue weighted by Gasteiger charge is -2.41. The second kappa shape index (κ2) is 7.23. The summed E-state index contributed by atoms with van der Waals surface area (Å²) in [5.74, 6) is 0. The van der Waals surface area contributed by atoms with Gasteiger partial charge in [0, 0.05) is 5.67 Å². The maximum absolute atomic E-state index is 3.97. The minimum atomic E-state index is -1.15. The molecule has 2 atom stereocenters. The van der Waals surface area contributed by atoms with Crippen LogP contribution >= 0.6 is 0 Å². The van der Waals surface area contributed by atoms with Gasteiger partial charge in [0.25, 0.3) is 0 Å². The lowest BCUT2D eigenvalue weighted by atomic mass is 10.4. The van der Waals surface area contributed by atoms with Crippen molar-refractivity contribution < 1.29 is 0 Å². The van der Waals surface area contributed by atoms with Crippen molar-refractivity contribution in [3.63, 3.8) is 0 Å². The van der Waals surface area contributed by atoms with Crippen LogP contribution in [0.3, 0.4) is 0 Å². The third-order valence-electron chi connectivity index (χ3n) is 3.72. The number of allylic oxidation sites excluding steroid dienone is 1. The van der Waals surface area contributed by atoms with Crippen LogP contribution in [0.25, 0.3) is 0 Å². The molecule has 15 heavy (non-hydrogen) atoms. The van der Waals surface area contributed by atoms with Crippen molar-refractivity contribution in [3.8, 4) is 0 Å². The molecule has 0 aliphatic carbocycles. The maximum atomic E-state index is 3.97. The molecule has 0 aliphatic heterocycles. The Bertz CT molecular complexity index is 179. The Morgan fingerprint density at radius 1 is 1.27 bits per heavy atom. The summed E-state index contributed by atoms with van der Waals surface area (Å²) in [4.78, 5) is 2.45. The summed E-state index contributed by atoms with van der Waals surface area (Å²) in [6.45, 7) is 11.0. The largest absolute Gasteiger partial charge is 0.309 e. The first-order chi connectivity index (χ1) is 7.07. The Morgan fingerprint density at radius 2 is 1.87 bits per heavy atom. The zero-order valence-electron chi connectivity index (χ0n) is 11.3. The van der Waals surface area contributed by atoms with Crippen molar-refractivity contribution in [2.45, 2.75) is 57.4 Å². The SMILES string of the molecule is C=CC[Si](CC)(CCC)C(CC)N(C)C. The molecule has 0 aromatic rings. The highest BCUT2D eigenvalue weighted by Crippen LogP contribution is 2.30. The molecule has 0 radical (unpaired) electrons. The minimum absolute atomic E-state index is 0.820. The highest BCUT2D eigenvalue weighted by atomic mass is 28.3. The molecule has 0 aromatic carbocycles. The van der Waals surface area contributed by atoms with E-state index in [9.17, 15) is 0 Å². The van der Waals surface area contributed by atoms with Crippen LogP contribution in [-0.4, -0.2) is 32.7 Å². The van der Waals surface area contributed by atoms with E-state index in [1.807, 2.05) is 0 Å². The summed E-state index contributed by atoms with van der Waals surface area (Å²) in [6, 6.07) is 4.13. The maximum Gasteiger partial charge on any atom is 0.0763 e. The van der Waals surface area contributed by atoms with Gasteiger partial charge in [0.15, 0.2) is 0 Å². The van der Waals surface area contributed by atoms with Crippen LogP contribution in [0.4, 0.5) is 0 Å². The molecule has 0 amide bonds. The van der Waals surface area contributed by atoms with E-state index in [4.69, 9.17) is 0 Å². The molecule has 90 valence electrons. The molecule has 2 heteroatoms. The van der Waals surface area contributed by atoms with Gasteiger partial charge in [-0.3, -0.25) is 0 Å². The molecule has 0 aliphatic rings. The first-order valence-corrected chi connectivity index (χ1v) is 9.05. The molecular weight excluding hydrogens is 198 g/mol. The average Bonchev–Trinajstić information content (AvgIpc) is 2.18. The molecule has 0 rings (SSSR count). The predicted molar refractivity (Wildman–Crippen MR) is 74.1 cm³/mol. The fourth-order valence-corrected chi connectivity index (χ4v) is 8.55. The Morgan fingerprint density at radius 3 is 2.13 bits per heavy atom. The molecule has 2 unspecified atom stereocenters. The number of nitrogens with zero attached hydrogens (tertiary/aromatic N) is 1. The van der Waals surface area contributed by atoms with Gasteiger partial charge < -0.3 is 4.90 Å². The van der Waals surface area contributed by atoms with E-state index in [0.29, 0.717) is 0 Å². The summed E-state index contributed by atoms with van der Waals surface area (Å²) in [7, 11) is 3.33. The quantitative estimate of drug-likeness (QED) is 0.448. The second-order valence-corrected chi connectivity index (χ2v) is 9.85. The van der Waals surface area contributed by atoms with Crippen LogP contribution in [-0.2, 0) is 0 Å². The van der Waals surface area contributed by atoms with E-state index >= 15 is 0 Å². The fourth-order valence-electron chi connectivity index (χ4n) is 3.09. The van der Waals surface area contributed by atoms with Crippen LogP contribution in [0, 0.1) is 0 Å². The van der Waals surface area contributed by atoms with Gasteiger partial charge in [-0.2, -0.15) is 0 Å². The zero-order valence-corrected chi connectivity index (χ0v) is 12.3. The standard InChI is InChI=1S/C13H29NSi/c1-7-11-15(10-4,12-8-2)13(9-3)14(5)6/h7,13H,1,8-12H2,2-6H3. The van der Waals surface area contributed by atoms with Gasteiger partial charge in [-0.25, -0.2) is 0 Å². The van der Waals surface area contributed by atoms with Gasteiger partial charge >= 0.3 is 0 Å². The molecule has 1 nitrogen and oxygen atoms in total. The van der Waals surface area contributed by atoms with Crippen LogP contribution in [0.5, 0.6) is 0 Å². The monoisotopic (exact) mass is 227 g/mol. The third kappa shape index (κ3) is 3.76. The number of hydrogen-bond donors (Lipinski definition) is 0. The Balaban J connectivity index is 4.90. The van der Waals surface area contributed by atoms with Crippen molar-refractivity contribution in [1.82, 2.24) is 4.90 Å². The molecule has 0 saturated heterocycles. The Hall–Kier alpha value is -0.0831. The number of rotatable bonds is 8. The second-order valence-electron chi connectivity index (χ2n) is 4.85. The lowest BCUT2D eigenvalue weighted by molar-refractivity contribution is 0.352. The van der Waals surface area contributed by atoms with Gasteiger partial charge in [0.2, 0.25) is 0 Å². The first kappa shape index (κ1) is 14.9. The Labute approximate surface area is 97.6 Å². The minimum Gasteiger partial charge on any atom is -0.309 e. The smallest absolute Gasteiger partial charge is 0.0763 e. The van der Waals surface area contributed by atoms with Crippen molar-refractivity contribution in [3.05, 3.63) is 12.7 Å². The van der Waals surface area contributed by atoms with Gasteiger partial charge in [-0.15, -0.1) is 6.58 Å². The summed E-state index contributed by atoms with van der Waals surface area (Å²) in [6.07, 6.45) is 4.79. The summed E-state index contributed by atoms with van der Waals surface area (Å²) in [5.41, 5.74) is 0.820. The van der Waals surface area contributed by atoms with Crippen molar-refractivity contribution in [1.29, 1.82) is 0 Å². The molecule has 0 aromatic heterocycles. The van der Waals surface area contributed by atoms with E-state index in [0.717, 1.165) is 5.67 Å². The van der Waals surface area contributed by atoms with Crippen LogP contribution in [0.1, 0.15) is 33.6 Å². The fraction of sp³-hybridized carbons (Fsp3) is 0.846. The summed E-state index contributed by atoms with van der Waals surface area (Å²) in [5, 5.41) is 0. The molecule has 0 bridgehead atoms. The highest BCUT2D eigenvalue weighted by Gasteiger charge is 2.37. The lowest BCUT2D eigenvalue weighted by Crippen LogP contribution is -2.53. The normalized spacial score (nSPS) is 17.5. The van der Waals surface area contributed by atoms with Gasteiger partial charge in [0.1, 0.15) is 0 Å². The molecule has 0 fully saturated rings. The Kier molecular flexibility index (Phi) is 7.19. The zero-order chi connectivity index (χ0) is 11.9. The van der Waals surface area contributed by atoms with Crippen LogP contribution in [0.2, 0.25) is 18.1 Å². The van der Waals surface area contributed by atoms with Crippen LogP contribution in [0.15, 0.2) is 12.7 Å². The number of hydrogen-bond acceptors (Lipinski definition) is 1. The van der Waals surface area contributed by atoms with Crippen LogP contribution < -0.4 is 0 Å². The van der Waals surface area contributed by atoms with E-state index in [2.05, 4.69) is 52.4 Å². The topological polar surface area (TPSA) is 3.24 Å². The van der Waals surface area contributed by atoms with Gasteiger partial charge in [-0.05, 0) is 26.6 Å². The first-order valence-electron chi connectivity index (χ1n) is 6.35. The van der Waals surface area contributed by atoms with Crippen molar-refractivity contribution in [2.75, 3.05) is 14.1 Å². The van der Waals surface area contributed by atoms with Crippen molar-refractivity contribution in [2.24, 2.45) is 0 Å². The highest BCUT2D eigenvalue weighted by molar-refractivity contribution is 6.81. The average molecular weight is 227 g/mol. The van der Waals surface area contributed by atoms with Crippen molar-refractivity contribution >= 4 is 8.07 Å². The molecular formula is C13H29NSi. The van der Waals surface area contributed by atoms with E-state index in [1.54, 1.807) is 0 Å². The summed E-state index contributed by atoms with van der Waals surface area (Å²) < 4.78 is 0. The third-order valence-corrected chi connectivity index (χ3v) is 10.1. The summed E-state index contributed by atoms with van der Waals surface area (Å²) >= 11 is 0. The molecule has 0 spiro atoms. The van der Waals surface area contributed by atoms with E-state index in [-0.39, 0.29) is 0 Å². The molecule has 0 saturated carbocycles. The van der Waals surface area contributed by atoms with E-state index in [1.165, 1.54) is 31.0 Å².